The molecule has 0 heterocycles. The molecule has 0 saturated heterocycles. The van der Waals surface area contributed by atoms with Crippen LogP contribution in [0.15, 0.2) is 58.8 Å². The van der Waals surface area contributed by atoms with Crippen LogP contribution in [0.4, 0.5) is 3.89 Å². The Balaban J connectivity index is 1.91. The number of ether oxygens (including phenoxy) is 2. The smallest absolute Gasteiger partial charge is 0.133 e. The van der Waals surface area contributed by atoms with Crippen molar-refractivity contribution >= 4 is 39.7 Å². The lowest BCUT2D eigenvalue weighted by molar-refractivity contribution is 0.278. The van der Waals surface area contributed by atoms with Gasteiger partial charge in [-0.2, -0.15) is 3.89 Å². The largest absolute Gasteiger partial charge is 0.494 e. The summed E-state index contributed by atoms with van der Waals surface area (Å²) in [6.45, 7) is 6.05. The van der Waals surface area contributed by atoms with Crippen LogP contribution in [0.1, 0.15) is 37.8 Å². The Bertz CT molecular complexity index is 900. The van der Waals surface area contributed by atoms with Gasteiger partial charge in [0, 0.05) is 36.2 Å². The Morgan fingerprint density at radius 1 is 1.12 bits per heavy atom. The Labute approximate surface area is 214 Å². The zero-order chi connectivity index (χ0) is 24.3. The third kappa shape index (κ3) is 8.92. The number of hydrazine groups is 1. The van der Waals surface area contributed by atoms with E-state index in [4.69, 9.17) is 32.7 Å². The van der Waals surface area contributed by atoms with Crippen molar-refractivity contribution in [3.8, 4) is 11.5 Å². The van der Waals surface area contributed by atoms with Crippen LogP contribution in [-0.2, 0) is 5.41 Å². The van der Waals surface area contributed by atoms with E-state index < -0.39 is 0 Å². The molecular weight excluding hydrogens is 529 g/mol. The number of hydrogen-bond acceptors (Lipinski definition) is 6. The molecule has 0 spiro atoms. The van der Waals surface area contributed by atoms with Gasteiger partial charge in [0.1, 0.15) is 11.5 Å². The predicted molar refractivity (Wildman–Crippen MR) is 140 cm³/mol. The molecule has 0 radical (unpaired) electrons. The highest BCUT2D eigenvalue weighted by molar-refractivity contribution is 9.10. The Morgan fingerprint density at radius 3 is 2.42 bits per heavy atom. The maximum atomic E-state index is 12.2. The molecule has 0 aliphatic rings. The summed E-state index contributed by atoms with van der Waals surface area (Å²) in [6.07, 6.45) is 3.06. The van der Waals surface area contributed by atoms with E-state index in [1.807, 2.05) is 18.2 Å². The van der Waals surface area contributed by atoms with Gasteiger partial charge in [0.15, 0.2) is 0 Å². The molecule has 2 aromatic rings. The van der Waals surface area contributed by atoms with E-state index in [9.17, 15) is 3.89 Å². The van der Waals surface area contributed by atoms with Crippen molar-refractivity contribution in [3.05, 3.63) is 70.0 Å². The maximum Gasteiger partial charge on any atom is 0.133 e. The fourth-order valence-corrected chi connectivity index (χ4v) is 4.00. The van der Waals surface area contributed by atoms with Gasteiger partial charge in [-0.15, -0.1) is 11.6 Å². The van der Waals surface area contributed by atoms with Crippen LogP contribution in [0, 0.1) is 0 Å². The van der Waals surface area contributed by atoms with Crippen LogP contribution in [-0.4, -0.2) is 36.4 Å². The van der Waals surface area contributed by atoms with Gasteiger partial charge >= 0.3 is 0 Å². The molecule has 0 aromatic heterocycles. The van der Waals surface area contributed by atoms with Gasteiger partial charge < -0.3 is 20.2 Å². The average Bonchev–Trinajstić information content (AvgIpc) is 2.78. The van der Waals surface area contributed by atoms with Crippen LogP contribution in [0.3, 0.4) is 0 Å². The summed E-state index contributed by atoms with van der Waals surface area (Å²) in [6, 6.07) is 14.3. The average molecular weight is 561 g/mol. The van der Waals surface area contributed by atoms with Gasteiger partial charge in [-0.1, -0.05) is 32.0 Å². The predicted octanol–water partition coefficient (Wildman–Crippen LogP) is 6.15. The number of hydrogen-bond donors (Lipinski definition) is 2. The van der Waals surface area contributed by atoms with Gasteiger partial charge in [0.05, 0.1) is 35.6 Å². The third-order valence-corrected chi connectivity index (χ3v) is 6.48. The molecule has 0 atom stereocenters. The zero-order valence-corrected chi connectivity index (χ0v) is 22.2. The maximum absolute atomic E-state index is 12.2. The molecule has 9 heteroatoms. The minimum absolute atomic E-state index is 0.107. The van der Waals surface area contributed by atoms with E-state index in [0.29, 0.717) is 37.8 Å². The summed E-state index contributed by atoms with van der Waals surface area (Å²) in [4.78, 5) is 0. The lowest BCUT2D eigenvalue weighted by Crippen LogP contribution is -2.28. The molecule has 0 unspecified atom stereocenters. The number of rotatable bonds is 14. The highest BCUT2D eigenvalue weighted by atomic mass is 79.9. The molecule has 0 bridgehead atoms. The molecule has 5 nitrogen and oxygen atoms in total. The second-order valence-corrected chi connectivity index (χ2v) is 9.82. The number of nitrogens with two attached hydrogens (primary N) is 2. The SMILES string of the molecule is CC(C)(c1ccc(OCCCN(N)/C=C(\N)CSF)cc1)c1ccc(OCCCCl)c(Br)c1. The normalized spacial score (nSPS) is 12.0. The fraction of sp³-hybridized carbons (Fsp3) is 0.417. The molecule has 33 heavy (non-hydrogen) atoms. The first-order valence-electron chi connectivity index (χ1n) is 10.7. The fourth-order valence-electron chi connectivity index (χ4n) is 3.19. The molecule has 0 amide bonds. The quantitative estimate of drug-likeness (QED) is 0.125. The molecule has 0 saturated carbocycles. The van der Waals surface area contributed by atoms with Crippen molar-refractivity contribution in [3.63, 3.8) is 0 Å². The van der Waals surface area contributed by atoms with E-state index in [1.165, 1.54) is 16.1 Å². The van der Waals surface area contributed by atoms with Gasteiger partial charge in [0.2, 0.25) is 0 Å². The van der Waals surface area contributed by atoms with Gasteiger partial charge in [-0.3, -0.25) is 0 Å². The van der Waals surface area contributed by atoms with Crippen LogP contribution in [0.5, 0.6) is 11.5 Å². The van der Waals surface area contributed by atoms with Crippen LogP contribution in [0.2, 0.25) is 0 Å². The number of nitrogens with zero attached hydrogens (tertiary/aromatic N) is 1. The second-order valence-electron chi connectivity index (χ2n) is 8.08. The van der Waals surface area contributed by atoms with Crippen molar-refractivity contribution in [2.24, 2.45) is 11.6 Å². The Morgan fingerprint density at radius 2 is 1.79 bits per heavy atom. The highest BCUT2D eigenvalue weighted by Gasteiger charge is 2.24. The van der Waals surface area contributed by atoms with Crippen molar-refractivity contribution in [1.29, 1.82) is 0 Å². The number of halogens is 3. The Kier molecular flexibility index (Phi) is 11.7. The first kappa shape index (κ1) is 27.6. The lowest BCUT2D eigenvalue weighted by atomic mass is 9.78. The van der Waals surface area contributed by atoms with Gasteiger partial charge in [-0.05, 0) is 57.7 Å². The van der Waals surface area contributed by atoms with E-state index in [-0.39, 0.29) is 23.3 Å². The second kappa shape index (κ2) is 13.9. The first-order chi connectivity index (χ1) is 15.8. The van der Waals surface area contributed by atoms with Crippen molar-refractivity contribution < 1.29 is 13.4 Å². The summed E-state index contributed by atoms with van der Waals surface area (Å²) < 4.78 is 24.7. The van der Waals surface area contributed by atoms with E-state index >= 15 is 0 Å². The molecule has 0 aliphatic carbocycles. The minimum Gasteiger partial charge on any atom is -0.494 e. The number of benzene rings is 2. The lowest BCUT2D eigenvalue weighted by Gasteiger charge is -2.27. The van der Waals surface area contributed by atoms with E-state index in [2.05, 4.69) is 54.0 Å². The van der Waals surface area contributed by atoms with Crippen LogP contribution < -0.4 is 21.1 Å². The van der Waals surface area contributed by atoms with Gasteiger partial charge in [0.25, 0.3) is 0 Å². The zero-order valence-electron chi connectivity index (χ0n) is 19.0. The topological polar surface area (TPSA) is 73.7 Å². The van der Waals surface area contributed by atoms with Crippen molar-refractivity contribution in [2.75, 3.05) is 31.4 Å². The van der Waals surface area contributed by atoms with Crippen LogP contribution >= 0.6 is 39.7 Å². The molecule has 2 aromatic carbocycles. The van der Waals surface area contributed by atoms with Crippen molar-refractivity contribution in [2.45, 2.75) is 32.1 Å². The molecular formula is C24H32BrClFN3O2S. The Hall–Kier alpha value is -1.61. The third-order valence-electron chi connectivity index (χ3n) is 5.15. The molecule has 2 rings (SSSR count). The van der Waals surface area contributed by atoms with E-state index in [1.54, 1.807) is 6.20 Å². The van der Waals surface area contributed by atoms with Gasteiger partial charge in [-0.25, -0.2) is 5.84 Å². The van der Waals surface area contributed by atoms with Crippen molar-refractivity contribution in [1.82, 2.24) is 5.01 Å². The molecule has 0 fully saturated rings. The summed E-state index contributed by atoms with van der Waals surface area (Å²) in [5, 5.41) is 1.45. The molecule has 0 aliphatic heterocycles. The molecule has 4 N–H and O–H groups in total. The number of alkyl halides is 1. The summed E-state index contributed by atoms with van der Waals surface area (Å²) in [5.74, 6) is 8.14. The highest BCUT2D eigenvalue weighted by Crippen LogP contribution is 2.36. The monoisotopic (exact) mass is 559 g/mol. The first-order valence-corrected chi connectivity index (χ1v) is 12.9. The summed E-state index contributed by atoms with van der Waals surface area (Å²) >= 11 is 9.52. The minimum atomic E-state index is -0.195. The standard InChI is InChI=1S/C24H32BrClFN3O2S/c1-24(2,19-7-10-23(22(25)15-19)32-13-3-11-26)18-5-8-21(9-6-18)31-14-4-12-30(29)16-20(28)17-33-27/h5-10,15-16H,3-4,11-14,17,28-29H2,1-2H3/b20-16-. The molecule has 182 valence electrons. The van der Waals surface area contributed by atoms with Crippen LogP contribution in [0.25, 0.3) is 0 Å². The summed E-state index contributed by atoms with van der Waals surface area (Å²) in [5.41, 5.74) is 8.20. The van der Waals surface area contributed by atoms with E-state index in [0.717, 1.165) is 22.4 Å². The summed E-state index contributed by atoms with van der Waals surface area (Å²) in [7, 11) is 0.